The molecule has 0 aliphatic rings. The Balaban J connectivity index is 2.29. The summed E-state index contributed by atoms with van der Waals surface area (Å²) >= 11 is 0. The van der Waals surface area contributed by atoms with Gasteiger partial charge in [-0.05, 0) is 37.3 Å². The van der Waals surface area contributed by atoms with Gasteiger partial charge in [0, 0.05) is 12.7 Å². The van der Waals surface area contributed by atoms with Crippen molar-refractivity contribution in [3.05, 3.63) is 47.7 Å². The van der Waals surface area contributed by atoms with Crippen LogP contribution in [0.5, 0.6) is 0 Å². The van der Waals surface area contributed by atoms with Crippen molar-refractivity contribution in [2.24, 2.45) is 0 Å². The number of anilines is 1. The molecule has 0 bridgehead atoms. The molecule has 7 heteroatoms. The maximum atomic E-state index is 13.3. The lowest BCUT2D eigenvalue weighted by Crippen LogP contribution is -2.26. The quantitative estimate of drug-likeness (QED) is 0.877. The molecule has 20 heavy (non-hydrogen) atoms. The van der Waals surface area contributed by atoms with Gasteiger partial charge in [0.25, 0.3) is 0 Å². The number of aryl methyl sites for hydroxylation is 1. The number of hydrogen-bond acceptors (Lipinski definition) is 4. The first-order valence-electron chi connectivity index (χ1n) is 5.87. The van der Waals surface area contributed by atoms with Crippen LogP contribution in [0.1, 0.15) is 11.5 Å². The maximum Gasteiger partial charge on any atom is 0.243 e. The lowest BCUT2D eigenvalue weighted by molar-refractivity contribution is 0.397. The number of halogens is 1. The zero-order valence-electron chi connectivity index (χ0n) is 11.1. The predicted octanol–water partition coefficient (Wildman–Crippen LogP) is 2.13. The summed E-state index contributed by atoms with van der Waals surface area (Å²) in [5, 5.41) is 0. The second-order valence-corrected chi connectivity index (χ2v) is 6.54. The zero-order valence-corrected chi connectivity index (χ0v) is 11.9. The van der Waals surface area contributed by atoms with Crippen molar-refractivity contribution in [3.8, 4) is 0 Å². The van der Waals surface area contributed by atoms with Crippen LogP contribution >= 0.6 is 0 Å². The summed E-state index contributed by atoms with van der Waals surface area (Å²) in [5.74, 6) is 0.518. The van der Waals surface area contributed by atoms with Crippen LogP contribution in [-0.4, -0.2) is 19.8 Å². The fourth-order valence-corrected chi connectivity index (χ4v) is 2.99. The Bertz CT molecular complexity index is 705. The van der Waals surface area contributed by atoms with E-state index in [1.54, 1.807) is 19.1 Å². The molecule has 0 saturated carbocycles. The lowest BCUT2D eigenvalue weighted by atomic mass is 10.3. The molecule has 1 aromatic carbocycles. The number of furan rings is 1. The van der Waals surface area contributed by atoms with Gasteiger partial charge in [-0.25, -0.2) is 12.8 Å². The van der Waals surface area contributed by atoms with E-state index in [0.717, 1.165) is 16.4 Å². The van der Waals surface area contributed by atoms with E-state index in [9.17, 15) is 12.8 Å². The van der Waals surface area contributed by atoms with E-state index in [1.807, 2.05) is 0 Å². The molecule has 0 atom stereocenters. The van der Waals surface area contributed by atoms with Crippen LogP contribution < -0.4 is 5.73 Å². The molecule has 0 radical (unpaired) electrons. The Hall–Kier alpha value is -1.86. The fourth-order valence-electron chi connectivity index (χ4n) is 1.79. The van der Waals surface area contributed by atoms with Gasteiger partial charge < -0.3 is 10.2 Å². The van der Waals surface area contributed by atoms with E-state index in [-0.39, 0.29) is 17.1 Å². The molecule has 1 aromatic heterocycles. The van der Waals surface area contributed by atoms with E-state index >= 15 is 0 Å². The van der Waals surface area contributed by atoms with Gasteiger partial charge in [0.2, 0.25) is 10.0 Å². The van der Waals surface area contributed by atoms with E-state index in [0.29, 0.717) is 11.5 Å². The number of benzene rings is 1. The summed E-state index contributed by atoms with van der Waals surface area (Å²) in [4.78, 5) is -0.180. The van der Waals surface area contributed by atoms with Crippen molar-refractivity contribution in [1.29, 1.82) is 0 Å². The normalized spacial score (nSPS) is 12.0. The highest BCUT2D eigenvalue weighted by Gasteiger charge is 2.23. The van der Waals surface area contributed by atoms with E-state index in [1.165, 1.54) is 13.1 Å². The van der Waals surface area contributed by atoms with Crippen LogP contribution in [0, 0.1) is 12.7 Å². The Kier molecular flexibility index (Phi) is 3.82. The maximum absolute atomic E-state index is 13.3. The fraction of sp³-hybridized carbons (Fsp3) is 0.231. The van der Waals surface area contributed by atoms with Crippen molar-refractivity contribution in [2.45, 2.75) is 18.4 Å². The average molecular weight is 298 g/mol. The lowest BCUT2D eigenvalue weighted by Gasteiger charge is -2.16. The first-order valence-corrected chi connectivity index (χ1v) is 7.31. The third kappa shape index (κ3) is 3.00. The molecule has 0 spiro atoms. The predicted molar refractivity (Wildman–Crippen MR) is 72.9 cm³/mol. The highest BCUT2D eigenvalue weighted by molar-refractivity contribution is 7.89. The van der Waals surface area contributed by atoms with Gasteiger partial charge in [0.1, 0.15) is 17.3 Å². The second-order valence-electron chi connectivity index (χ2n) is 4.49. The smallest absolute Gasteiger partial charge is 0.243 e. The molecule has 0 aliphatic heterocycles. The molecule has 2 aromatic rings. The SMILES string of the molecule is Cc1ccc(CN(C)S(=O)(=O)c2cc(N)cc(F)c2)o1. The Morgan fingerprint density at radius 2 is 2.00 bits per heavy atom. The zero-order chi connectivity index (χ0) is 14.9. The van der Waals surface area contributed by atoms with Gasteiger partial charge >= 0.3 is 0 Å². The molecular weight excluding hydrogens is 283 g/mol. The standard InChI is InChI=1S/C13H15FN2O3S/c1-9-3-4-12(19-9)8-16(2)20(17,18)13-6-10(14)5-11(15)7-13/h3-7H,8,15H2,1-2H3. The molecular formula is C13H15FN2O3S. The molecule has 2 N–H and O–H groups in total. The van der Waals surface area contributed by atoms with Crippen molar-refractivity contribution in [1.82, 2.24) is 4.31 Å². The number of sulfonamides is 1. The molecule has 0 fully saturated rings. The van der Waals surface area contributed by atoms with Gasteiger partial charge in [-0.3, -0.25) is 0 Å². The van der Waals surface area contributed by atoms with E-state index in [2.05, 4.69) is 0 Å². The van der Waals surface area contributed by atoms with Gasteiger partial charge in [-0.1, -0.05) is 0 Å². The largest absolute Gasteiger partial charge is 0.465 e. The molecule has 5 nitrogen and oxygen atoms in total. The van der Waals surface area contributed by atoms with Crippen LogP contribution in [0.15, 0.2) is 39.6 Å². The summed E-state index contributed by atoms with van der Waals surface area (Å²) in [7, 11) is -2.42. The molecule has 1 heterocycles. The highest BCUT2D eigenvalue weighted by Crippen LogP contribution is 2.21. The second kappa shape index (κ2) is 5.26. The minimum Gasteiger partial charge on any atom is -0.465 e. The van der Waals surface area contributed by atoms with Gasteiger partial charge in [0.15, 0.2) is 0 Å². The number of nitrogen functional groups attached to an aromatic ring is 1. The highest BCUT2D eigenvalue weighted by atomic mass is 32.2. The molecule has 2 rings (SSSR count). The van der Waals surface area contributed by atoms with Crippen molar-refractivity contribution < 1.29 is 17.2 Å². The summed E-state index contributed by atoms with van der Waals surface area (Å²) in [5.41, 5.74) is 5.53. The summed E-state index contributed by atoms with van der Waals surface area (Å²) < 4.78 is 44.3. The summed E-state index contributed by atoms with van der Waals surface area (Å²) in [6, 6.07) is 6.67. The number of hydrogen-bond donors (Lipinski definition) is 1. The average Bonchev–Trinajstić information content (AvgIpc) is 2.73. The third-order valence-electron chi connectivity index (χ3n) is 2.78. The van der Waals surface area contributed by atoms with E-state index < -0.39 is 15.8 Å². The Morgan fingerprint density at radius 3 is 2.55 bits per heavy atom. The Labute approximate surface area is 116 Å². The summed E-state index contributed by atoms with van der Waals surface area (Å²) in [6.45, 7) is 1.83. The van der Waals surface area contributed by atoms with Crippen molar-refractivity contribution in [3.63, 3.8) is 0 Å². The van der Waals surface area contributed by atoms with Crippen LogP contribution in [-0.2, 0) is 16.6 Å². The minimum atomic E-state index is -3.82. The molecule has 108 valence electrons. The van der Waals surface area contributed by atoms with Crippen LogP contribution in [0.25, 0.3) is 0 Å². The van der Waals surface area contributed by atoms with Crippen molar-refractivity contribution in [2.75, 3.05) is 12.8 Å². The van der Waals surface area contributed by atoms with Gasteiger partial charge in [0.05, 0.1) is 11.4 Å². The molecule has 0 saturated heterocycles. The van der Waals surface area contributed by atoms with Crippen molar-refractivity contribution >= 4 is 15.7 Å². The molecule has 0 amide bonds. The monoisotopic (exact) mass is 298 g/mol. The first kappa shape index (κ1) is 14.5. The minimum absolute atomic E-state index is 0.0609. The number of nitrogens with two attached hydrogens (primary N) is 1. The summed E-state index contributed by atoms with van der Waals surface area (Å²) in [6.07, 6.45) is 0. The van der Waals surface area contributed by atoms with Crippen LogP contribution in [0.3, 0.4) is 0 Å². The number of rotatable bonds is 4. The van der Waals surface area contributed by atoms with E-state index in [4.69, 9.17) is 10.2 Å². The molecule has 0 unspecified atom stereocenters. The van der Waals surface area contributed by atoms with Gasteiger partial charge in [-0.15, -0.1) is 0 Å². The van der Waals surface area contributed by atoms with Crippen LogP contribution in [0.2, 0.25) is 0 Å². The van der Waals surface area contributed by atoms with Crippen LogP contribution in [0.4, 0.5) is 10.1 Å². The topological polar surface area (TPSA) is 76.5 Å². The number of nitrogens with zero attached hydrogens (tertiary/aromatic N) is 1. The first-order chi connectivity index (χ1) is 9.29. The Morgan fingerprint density at radius 1 is 1.30 bits per heavy atom. The molecule has 0 aliphatic carbocycles. The third-order valence-corrected chi connectivity index (χ3v) is 4.56. The van der Waals surface area contributed by atoms with Gasteiger partial charge in [-0.2, -0.15) is 4.31 Å².